The topological polar surface area (TPSA) is 65.4 Å². The van der Waals surface area contributed by atoms with Crippen LogP contribution in [0, 0.1) is 0 Å². The van der Waals surface area contributed by atoms with Crippen molar-refractivity contribution in [3.63, 3.8) is 0 Å². The molecule has 132 valence electrons. The Morgan fingerprint density at radius 2 is 1.96 bits per heavy atom. The highest BCUT2D eigenvalue weighted by atomic mass is 16.5. The summed E-state index contributed by atoms with van der Waals surface area (Å²) in [5, 5.41) is 3.24. The summed E-state index contributed by atoms with van der Waals surface area (Å²) in [4.78, 5) is 17.3. The van der Waals surface area contributed by atoms with Gasteiger partial charge in [-0.05, 0) is 36.8 Å². The maximum absolute atomic E-state index is 12.6. The van der Waals surface area contributed by atoms with E-state index >= 15 is 0 Å². The van der Waals surface area contributed by atoms with Gasteiger partial charge in [0.2, 0.25) is 5.95 Å². The summed E-state index contributed by atoms with van der Waals surface area (Å²) in [7, 11) is 3.02. The van der Waals surface area contributed by atoms with Crippen LogP contribution in [0.4, 0.5) is 5.95 Å². The van der Waals surface area contributed by atoms with Gasteiger partial charge in [-0.1, -0.05) is 24.3 Å². The predicted octanol–water partition coefficient (Wildman–Crippen LogP) is 3.51. The van der Waals surface area contributed by atoms with Gasteiger partial charge in [-0.3, -0.25) is 4.57 Å². The molecule has 0 radical (unpaired) electrons. The molecular weight excluding hydrogens is 330 g/mol. The first-order chi connectivity index (χ1) is 12.6. The smallest absolute Gasteiger partial charge is 0.337 e. The molecule has 1 atom stereocenters. The Kier molecular flexibility index (Phi) is 3.88. The summed E-state index contributed by atoms with van der Waals surface area (Å²) in [6, 6.07) is 15.2. The molecule has 1 aromatic heterocycles. The summed E-state index contributed by atoms with van der Waals surface area (Å²) in [6.45, 7) is 1.86. The molecule has 0 saturated heterocycles. The van der Waals surface area contributed by atoms with Crippen LogP contribution in [-0.2, 0) is 9.53 Å². The molecule has 0 unspecified atom stereocenters. The summed E-state index contributed by atoms with van der Waals surface area (Å²) >= 11 is 0. The Hall–Kier alpha value is -3.28. The van der Waals surface area contributed by atoms with Crippen molar-refractivity contribution in [2.24, 2.45) is 0 Å². The SMILES string of the molecule is COC(=O)C1=C(C)Nc2nc3ccccc3n2[C@H]1c1cccc(OC)c1. The van der Waals surface area contributed by atoms with Crippen molar-refractivity contribution < 1.29 is 14.3 Å². The second-order valence-electron chi connectivity index (χ2n) is 6.13. The third-order valence-corrected chi connectivity index (χ3v) is 4.65. The molecule has 0 fully saturated rings. The van der Waals surface area contributed by atoms with Gasteiger partial charge in [-0.15, -0.1) is 0 Å². The number of rotatable bonds is 3. The Morgan fingerprint density at radius 1 is 1.15 bits per heavy atom. The highest BCUT2D eigenvalue weighted by molar-refractivity contribution is 5.94. The summed E-state index contributed by atoms with van der Waals surface area (Å²) in [5.41, 5.74) is 4.01. The fraction of sp³-hybridized carbons (Fsp3) is 0.200. The number of anilines is 1. The van der Waals surface area contributed by atoms with Crippen LogP contribution >= 0.6 is 0 Å². The minimum atomic E-state index is -0.369. The van der Waals surface area contributed by atoms with Crippen LogP contribution in [0.1, 0.15) is 18.5 Å². The van der Waals surface area contributed by atoms with Crippen molar-refractivity contribution in [2.75, 3.05) is 19.5 Å². The number of allylic oxidation sites excluding steroid dienone is 1. The number of hydrogen-bond donors (Lipinski definition) is 1. The molecule has 6 nitrogen and oxygen atoms in total. The number of esters is 1. The van der Waals surface area contributed by atoms with E-state index < -0.39 is 0 Å². The van der Waals surface area contributed by atoms with Gasteiger partial charge in [-0.25, -0.2) is 9.78 Å². The van der Waals surface area contributed by atoms with Crippen molar-refractivity contribution in [3.05, 3.63) is 65.4 Å². The number of nitrogens with zero attached hydrogens (tertiary/aromatic N) is 2. The van der Waals surface area contributed by atoms with E-state index in [1.807, 2.05) is 60.0 Å². The zero-order valence-corrected chi connectivity index (χ0v) is 14.8. The van der Waals surface area contributed by atoms with Gasteiger partial charge in [0, 0.05) is 5.70 Å². The normalized spacial score (nSPS) is 16.2. The van der Waals surface area contributed by atoms with E-state index in [4.69, 9.17) is 9.47 Å². The highest BCUT2D eigenvalue weighted by Gasteiger charge is 2.34. The third-order valence-electron chi connectivity index (χ3n) is 4.65. The molecular formula is C20H19N3O3. The number of methoxy groups -OCH3 is 2. The lowest BCUT2D eigenvalue weighted by molar-refractivity contribution is -0.136. The van der Waals surface area contributed by atoms with Gasteiger partial charge in [0.05, 0.1) is 36.9 Å². The number of carbonyl (C=O) groups is 1. The minimum Gasteiger partial charge on any atom is -0.497 e. The number of carbonyl (C=O) groups excluding carboxylic acids is 1. The maximum Gasteiger partial charge on any atom is 0.337 e. The Bertz CT molecular complexity index is 1040. The van der Waals surface area contributed by atoms with E-state index in [1.165, 1.54) is 7.11 Å². The molecule has 26 heavy (non-hydrogen) atoms. The van der Waals surface area contributed by atoms with E-state index in [9.17, 15) is 4.79 Å². The molecule has 0 spiro atoms. The molecule has 4 rings (SSSR count). The Labute approximate surface area is 151 Å². The molecule has 2 aromatic carbocycles. The van der Waals surface area contributed by atoms with Crippen LogP contribution in [0.2, 0.25) is 0 Å². The van der Waals surface area contributed by atoms with E-state index in [1.54, 1.807) is 7.11 Å². The number of nitrogens with one attached hydrogen (secondary N) is 1. The number of ether oxygens (including phenoxy) is 2. The number of para-hydroxylation sites is 2. The second kappa shape index (κ2) is 6.22. The summed E-state index contributed by atoms with van der Waals surface area (Å²) < 4.78 is 12.5. The fourth-order valence-corrected chi connectivity index (χ4v) is 3.47. The predicted molar refractivity (Wildman–Crippen MR) is 99.2 cm³/mol. The molecule has 1 aliphatic heterocycles. The zero-order chi connectivity index (χ0) is 18.3. The van der Waals surface area contributed by atoms with Crippen molar-refractivity contribution in [1.82, 2.24) is 9.55 Å². The Morgan fingerprint density at radius 3 is 2.73 bits per heavy atom. The van der Waals surface area contributed by atoms with Crippen LogP contribution in [0.3, 0.4) is 0 Å². The first-order valence-electron chi connectivity index (χ1n) is 8.31. The monoisotopic (exact) mass is 349 g/mol. The largest absolute Gasteiger partial charge is 0.497 e. The van der Waals surface area contributed by atoms with E-state index in [2.05, 4.69) is 10.3 Å². The molecule has 0 amide bonds. The first kappa shape index (κ1) is 16.2. The standard InChI is InChI=1S/C20H19N3O3/c1-12-17(19(24)26-3)18(13-7-6-8-14(11-13)25-2)23-16-10-5-4-9-15(16)22-20(23)21-12/h4-11,18H,1-3H3,(H,21,22)/t18-/m0/s1. The molecule has 3 aromatic rings. The summed E-state index contributed by atoms with van der Waals surface area (Å²) in [5.74, 6) is 1.06. The number of hydrogen-bond acceptors (Lipinski definition) is 5. The van der Waals surface area contributed by atoms with Crippen LogP contribution in [0.15, 0.2) is 59.8 Å². The third kappa shape index (κ3) is 2.42. The van der Waals surface area contributed by atoms with Gasteiger partial charge in [-0.2, -0.15) is 0 Å². The van der Waals surface area contributed by atoms with Crippen molar-refractivity contribution in [2.45, 2.75) is 13.0 Å². The number of imidazole rings is 1. The average Bonchev–Trinajstić information content (AvgIpc) is 3.04. The lowest BCUT2D eigenvalue weighted by atomic mass is 9.95. The molecule has 0 saturated carbocycles. The van der Waals surface area contributed by atoms with Crippen LogP contribution in [-0.4, -0.2) is 29.7 Å². The van der Waals surface area contributed by atoms with Gasteiger partial charge in [0.1, 0.15) is 5.75 Å². The number of benzene rings is 2. The lowest BCUT2D eigenvalue weighted by Crippen LogP contribution is -2.28. The number of aromatic nitrogens is 2. The average molecular weight is 349 g/mol. The van der Waals surface area contributed by atoms with Crippen molar-refractivity contribution in [3.8, 4) is 5.75 Å². The van der Waals surface area contributed by atoms with Crippen LogP contribution in [0.25, 0.3) is 11.0 Å². The maximum atomic E-state index is 12.6. The lowest BCUT2D eigenvalue weighted by Gasteiger charge is -2.30. The van der Waals surface area contributed by atoms with Gasteiger partial charge < -0.3 is 14.8 Å². The van der Waals surface area contributed by atoms with E-state index in [0.717, 1.165) is 28.0 Å². The highest BCUT2D eigenvalue weighted by Crippen LogP contribution is 2.40. The molecule has 1 N–H and O–H groups in total. The van der Waals surface area contributed by atoms with E-state index in [0.29, 0.717) is 11.5 Å². The Balaban J connectivity index is 2.01. The second-order valence-corrected chi connectivity index (χ2v) is 6.13. The van der Waals surface area contributed by atoms with Crippen molar-refractivity contribution >= 4 is 23.0 Å². The van der Waals surface area contributed by atoms with Gasteiger partial charge in [0.15, 0.2) is 0 Å². The van der Waals surface area contributed by atoms with Gasteiger partial charge in [0.25, 0.3) is 0 Å². The van der Waals surface area contributed by atoms with E-state index in [-0.39, 0.29) is 12.0 Å². The minimum absolute atomic E-state index is 0.360. The van der Waals surface area contributed by atoms with Crippen molar-refractivity contribution in [1.29, 1.82) is 0 Å². The van der Waals surface area contributed by atoms with Gasteiger partial charge >= 0.3 is 5.97 Å². The molecule has 6 heteroatoms. The zero-order valence-electron chi connectivity index (χ0n) is 14.8. The molecule has 1 aliphatic rings. The molecule has 2 heterocycles. The summed E-state index contributed by atoms with van der Waals surface area (Å²) in [6.07, 6.45) is 0. The first-order valence-corrected chi connectivity index (χ1v) is 8.31. The van der Waals surface area contributed by atoms with Crippen LogP contribution in [0.5, 0.6) is 5.75 Å². The molecule has 0 bridgehead atoms. The fourth-order valence-electron chi connectivity index (χ4n) is 3.47. The molecule has 0 aliphatic carbocycles. The number of fused-ring (bicyclic) bond motifs is 3. The van der Waals surface area contributed by atoms with Crippen LogP contribution < -0.4 is 10.1 Å². The quantitative estimate of drug-likeness (QED) is 0.733.